The Bertz CT molecular complexity index is 966. The van der Waals surface area contributed by atoms with Crippen LogP contribution in [0.2, 0.25) is 0 Å². The fraction of sp³-hybridized carbons (Fsp3) is 0.400. The van der Waals surface area contributed by atoms with E-state index in [0.717, 1.165) is 24.8 Å². The number of amides is 1. The highest BCUT2D eigenvalue weighted by Crippen LogP contribution is 2.35. The Balaban J connectivity index is 1.56. The summed E-state index contributed by atoms with van der Waals surface area (Å²) in [6, 6.07) is 6.78. The van der Waals surface area contributed by atoms with Crippen LogP contribution in [0.3, 0.4) is 0 Å². The number of thiazole rings is 1. The molecule has 1 fully saturated rings. The second-order valence-corrected chi connectivity index (χ2v) is 11.0. The monoisotopic (exact) mass is 449 g/mol. The molecule has 1 amide bonds. The molecule has 0 radical (unpaired) electrons. The summed E-state index contributed by atoms with van der Waals surface area (Å²) in [5.41, 5.74) is 0.844. The molecule has 0 bridgehead atoms. The topological polar surface area (TPSA) is 79.4 Å². The molecule has 4 rings (SSSR count). The number of nitrogens with zero attached hydrogens (tertiary/aromatic N) is 2. The van der Waals surface area contributed by atoms with E-state index in [0.29, 0.717) is 16.9 Å². The zero-order valence-corrected chi connectivity index (χ0v) is 18.3. The van der Waals surface area contributed by atoms with E-state index in [1.54, 1.807) is 42.1 Å². The number of thioether (sulfide) groups is 1. The predicted octanol–water partition coefficient (Wildman–Crippen LogP) is 4.61. The van der Waals surface area contributed by atoms with Gasteiger partial charge in [-0.2, -0.15) is 0 Å². The van der Waals surface area contributed by atoms with Gasteiger partial charge in [-0.1, -0.05) is 37.8 Å². The van der Waals surface area contributed by atoms with Gasteiger partial charge in [-0.25, -0.2) is 13.4 Å². The second kappa shape index (κ2) is 8.89. The van der Waals surface area contributed by atoms with Gasteiger partial charge in [0, 0.05) is 17.8 Å². The Labute approximate surface area is 179 Å². The van der Waals surface area contributed by atoms with Crippen molar-refractivity contribution in [1.82, 2.24) is 9.29 Å². The van der Waals surface area contributed by atoms with E-state index >= 15 is 0 Å². The molecular weight excluding hydrogens is 426 g/mol. The summed E-state index contributed by atoms with van der Waals surface area (Å²) in [4.78, 5) is 17.4. The third-order valence-electron chi connectivity index (χ3n) is 5.44. The minimum absolute atomic E-state index is 0.0821. The molecule has 1 aromatic heterocycles. The number of carbonyl (C=O) groups is 1. The molecule has 154 valence electrons. The highest BCUT2D eigenvalue weighted by molar-refractivity contribution is 8.03. The van der Waals surface area contributed by atoms with Crippen molar-refractivity contribution in [3.05, 3.63) is 53.0 Å². The van der Waals surface area contributed by atoms with Crippen LogP contribution in [-0.4, -0.2) is 29.5 Å². The molecule has 1 aromatic carbocycles. The maximum Gasteiger partial charge on any atom is 0.264 e. The SMILES string of the molecule is O=C(Nc1nccs1)C(CC1CCCC1)c1ccc(S(=O)(=O)N2C=CSC2)cc1. The van der Waals surface area contributed by atoms with Crippen molar-refractivity contribution >= 4 is 44.2 Å². The van der Waals surface area contributed by atoms with Gasteiger partial charge in [0.15, 0.2) is 5.13 Å². The lowest BCUT2D eigenvalue weighted by molar-refractivity contribution is -0.118. The number of sulfonamides is 1. The fourth-order valence-electron chi connectivity index (χ4n) is 3.88. The van der Waals surface area contributed by atoms with E-state index < -0.39 is 10.0 Å². The van der Waals surface area contributed by atoms with Gasteiger partial charge in [-0.3, -0.25) is 9.10 Å². The Kier molecular flexibility index (Phi) is 6.26. The lowest BCUT2D eigenvalue weighted by atomic mass is 9.87. The highest BCUT2D eigenvalue weighted by Gasteiger charge is 2.28. The number of rotatable bonds is 7. The van der Waals surface area contributed by atoms with Crippen molar-refractivity contribution in [3.8, 4) is 0 Å². The summed E-state index contributed by atoms with van der Waals surface area (Å²) in [7, 11) is -3.55. The lowest BCUT2D eigenvalue weighted by Gasteiger charge is -2.21. The smallest absolute Gasteiger partial charge is 0.264 e. The molecule has 2 heterocycles. The standard InChI is InChI=1S/C20H23N3O3S3/c24-19(22-20-21-9-11-28-20)18(13-15-3-1-2-4-15)16-5-7-17(8-6-16)29(25,26)23-10-12-27-14-23/h5-12,15,18H,1-4,13-14H2,(H,21,22,24). The van der Waals surface area contributed by atoms with Gasteiger partial charge in [0.05, 0.1) is 16.7 Å². The second-order valence-electron chi connectivity index (χ2n) is 7.31. The van der Waals surface area contributed by atoms with Crippen LogP contribution in [0, 0.1) is 5.92 Å². The summed E-state index contributed by atoms with van der Waals surface area (Å²) >= 11 is 2.83. The number of hydrogen-bond donors (Lipinski definition) is 1. The first kappa shape index (κ1) is 20.4. The van der Waals surface area contributed by atoms with E-state index in [1.165, 1.54) is 40.2 Å². The quantitative estimate of drug-likeness (QED) is 0.668. The molecule has 6 nitrogen and oxygen atoms in total. The molecule has 1 saturated carbocycles. The zero-order valence-electron chi connectivity index (χ0n) is 15.9. The van der Waals surface area contributed by atoms with Gasteiger partial charge in [-0.15, -0.1) is 23.1 Å². The summed E-state index contributed by atoms with van der Waals surface area (Å²) in [5, 5.41) is 7.10. The number of nitrogens with one attached hydrogen (secondary N) is 1. The van der Waals surface area contributed by atoms with Gasteiger partial charge in [0.2, 0.25) is 5.91 Å². The van der Waals surface area contributed by atoms with Crippen LogP contribution in [0.15, 0.2) is 52.3 Å². The van der Waals surface area contributed by atoms with Crippen LogP contribution in [0.25, 0.3) is 0 Å². The third kappa shape index (κ3) is 4.67. The molecule has 0 saturated heterocycles. The summed E-state index contributed by atoms with van der Waals surface area (Å²) in [5.74, 6) is 0.518. The molecule has 29 heavy (non-hydrogen) atoms. The third-order valence-corrected chi connectivity index (χ3v) is 8.77. The molecule has 1 aliphatic carbocycles. The van der Waals surface area contributed by atoms with Gasteiger partial charge >= 0.3 is 0 Å². The van der Waals surface area contributed by atoms with Crippen LogP contribution in [0.1, 0.15) is 43.6 Å². The molecule has 1 N–H and O–H groups in total. The average molecular weight is 450 g/mol. The minimum Gasteiger partial charge on any atom is -0.301 e. The molecule has 1 unspecified atom stereocenters. The molecule has 2 aromatic rings. The van der Waals surface area contributed by atoms with Crippen molar-refractivity contribution in [1.29, 1.82) is 0 Å². The van der Waals surface area contributed by atoms with Crippen LogP contribution in [0.5, 0.6) is 0 Å². The molecule has 9 heteroatoms. The van der Waals surface area contributed by atoms with Gasteiger partial charge in [-0.05, 0) is 35.4 Å². The number of benzene rings is 1. The summed E-state index contributed by atoms with van der Waals surface area (Å²) in [6.07, 6.45) is 8.73. The van der Waals surface area contributed by atoms with Crippen LogP contribution >= 0.6 is 23.1 Å². The summed E-state index contributed by atoms with van der Waals surface area (Å²) < 4.78 is 26.8. The van der Waals surface area contributed by atoms with Crippen molar-refractivity contribution in [2.24, 2.45) is 5.92 Å². The molecular formula is C20H23N3O3S3. The maximum atomic E-state index is 13.0. The van der Waals surface area contributed by atoms with Gasteiger partial charge in [0.1, 0.15) is 0 Å². The number of carbonyl (C=O) groups excluding carboxylic acids is 1. The normalized spacial score (nSPS) is 18.3. The van der Waals surface area contributed by atoms with Crippen molar-refractivity contribution in [3.63, 3.8) is 0 Å². The molecule has 2 aliphatic rings. The van der Waals surface area contributed by atoms with Crippen molar-refractivity contribution in [2.75, 3.05) is 11.2 Å². The Morgan fingerprint density at radius 3 is 2.62 bits per heavy atom. The first-order chi connectivity index (χ1) is 14.0. The predicted molar refractivity (Wildman–Crippen MR) is 117 cm³/mol. The Hall–Kier alpha value is -1.84. The van der Waals surface area contributed by atoms with Crippen LogP contribution < -0.4 is 5.32 Å². The first-order valence-electron chi connectivity index (χ1n) is 9.64. The number of anilines is 1. The Morgan fingerprint density at radius 1 is 1.24 bits per heavy atom. The Morgan fingerprint density at radius 2 is 2.00 bits per heavy atom. The largest absolute Gasteiger partial charge is 0.301 e. The number of hydrogen-bond acceptors (Lipinski definition) is 6. The highest BCUT2D eigenvalue weighted by atomic mass is 32.2. The van der Waals surface area contributed by atoms with Crippen LogP contribution in [0.4, 0.5) is 5.13 Å². The molecule has 1 atom stereocenters. The first-order valence-corrected chi connectivity index (χ1v) is 13.0. The van der Waals surface area contributed by atoms with Gasteiger partial charge < -0.3 is 5.32 Å². The van der Waals surface area contributed by atoms with Crippen molar-refractivity contribution in [2.45, 2.75) is 42.9 Å². The van der Waals surface area contributed by atoms with Crippen LogP contribution in [-0.2, 0) is 14.8 Å². The van der Waals surface area contributed by atoms with Crippen molar-refractivity contribution < 1.29 is 13.2 Å². The zero-order chi connectivity index (χ0) is 20.3. The van der Waals surface area contributed by atoms with E-state index in [2.05, 4.69) is 10.3 Å². The van der Waals surface area contributed by atoms with E-state index in [1.807, 2.05) is 5.38 Å². The van der Waals surface area contributed by atoms with Gasteiger partial charge in [0.25, 0.3) is 10.0 Å². The average Bonchev–Trinajstić information content (AvgIpc) is 3.50. The molecule has 0 spiro atoms. The maximum absolute atomic E-state index is 13.0. The van der Waals surface area contributed by atoms with E-state index in [-0.39, 0.29) is 16.7 Å². The van der Waals surface area contributed by atoms with E-state index in [4.69, 9.17) is 0 Å². The summed E-state index contributed by atoms with van der Waals surface area (Å²) in [6.45, 7) is 0. The number of aromatic nitrogens is 1. The fourth-order valence-corrected chi connectivity index (χ4v) is 6.75. The minimum atomic E-state index is -3.55. The lowest BCUT2D eigenvalue weighted by Crippen LogP contribution is -2.24. The van der Waals surface area contributed by atoms with E-state index in [9.17, 15) is 13.2 Å². The molecule has 1 aliphatic heterocycles.